The fourth-order valence-corrected chi connectivity index (χ4v) is 1.64. The zero-order valence-corrected chi connectivity index (χ0v) is 13.1. The zero-order valence-electron chi connectivity index (χ0n) is 13.1. The van der Waals surface area contributed by atoms with Crippen LogP contribution in [0.15, 0.2) is 24.3 Å². The van der Waals surface area contributed by atoms with E-state index < -0.39 is 0 Å². The summed E-state index contributed by atoms with van der Waals surface area (Å²) < 4.78 is 10.7. The minimum Gasteiger partial charge on any atom is -0.383 e. The van der Waals surface area contributed by atoms with Crippen LogP contribution in [0.2, 0.25) is 0 Å². The Morgan fingerprint density at radius 1 is 1.30 bits per heavy atom. The number of rotatable bonds is 6. The van der Waals surface area contributed by atoms with E-state index in [0.717, 1.165) is 5.56 Å². The fraction of sp³-hybridized carbons (Fsp3) is 0.562. The number of hydrogen-bond acceptors (Lipinski definition) is 3. The second-order valence-corrected chi connectivity index (χ2v) is 5.82. The highest BCUT2D eigenvalue weighted by atomic mass is 16.5. The summed E-state index contributed by atoms with van der Waals surface area (Å²) in [6.45, 7) is 7.67. The number of likely N-dealkylation sites (N-methyl/N-ethyl adjacent to an activating group) is 1. The van der Waals surface area contributed by atoms with Crippen LogP contribution in [-0.2, 0) is 16.1 Å². The van der Waals surface area contributed by atoms with Crippen LogP contribution in [0.5, 0.6) is 0 Å². The van der Waals surface area contributed by atoms with E-state index in [4.69, 9.17) is 9.47 Å². The van der Waals surface area contributed by atoms with Crippen LogP contribution >= 0.6 is 0 Å². The molecule has 112 valence electrons. The van der Waals surface area contributed by atoms with Gasteiger partial charge in [0.1, 0.15) is 0 Å². The number of carbonyl (C=O) groups excluding carboxylic acids is 1. The summed E-state index contributed by atoms with van der Waals surface area (Å²) in [5.74, 6) is -0.000316. The van der Waals surface area contributed by atoms with Crippen molar-refractivity contribution in [3.05, 3.63) is 35.4 Å². The topological polar surface area (TPSA) is 38.8 Å². The number of hydrogen-bond donors (Lipinski definition) is 0. The lowest BCUT2D eigenvalue weighted by atomic mass is 10.1. The van der Waals surface area contributed by atoms with Crippen molar-refractivity contribution in [2.75, 3.05) is 27.3 Å². The van der Waals surface area contributed by atoms with Crippen molar-refractivity contribution in [1.82, 2.24) is 4.90 Å². The maximum Gasteiger partial charge on any atom is 0.253 e. The summed E-state index contributed by atoms with van der Waals surface area (Å²) in [6.07, 6.45) is 0. The molecule has 0 bridgehead atoms. The van der Waals surface area contributed by atoms with E-state index in [-0.39, 0.29) is 11.5 Å². The molecule has 1 amide bonds. The third-order valence-corrected chi connectivity index (χ3v) is 2.82. The number of benzene rings is 1. The van der Waals surface area contributed by atoms with E-state index in [0.29, 0.717) is 25.3 Å². The molecule has 4 nitrogen and oxygen atoms in total. The predicted octanol–water partition coefficient (Wildman–Crippen LogP) is 2.72. The first-order chi connectivity index (χ1) is 9.33. The van der Waals surface area contributed by atoms with Crippen molar-refractivity contribution in [2.45, 2.75) is 33.0 Å². The summed E-state index contributed by atoms with van der Waals surface area (Å²) in [6, 6.07) is 7.57. The normalized spacial score (nSPS) is 11.4. The Morgan fingerprint density at radius 3 is 2.60 bits per heavy atom. The van der Waals surface area contributed by atoms with Gasteiger partial charge in [-0.25, -0.2) is 0 Å². The molecule has 1 aromatic rings. The van der Waals surface area contributed by atoms with Crippen LogP contribution in [0.4, 0.5) is 0 Å². The van der Waals surface area contributed by atoms with E-state index in [1.54, 1.807) is 19.1 Å². The summed E-state index contributed by atoms with van der Waals surface area (Å²) in [4.78, 5) is 13.9. The molecule has 0 fully saturated rings. The molecule has 0 saturated heterocycles. The largest absolute Gasteiger partial charge is 0.383 e. The molecule has 1 aromatic carbocycles. The second-order valence-electron chi connectivity index (χ2n) is 5.82. The van der Waals surface area contributed by atoms with E-state index in [1.807, 2.05) is 45.0 Å². The van der Waals surface area contributed by atoms with Crippen LogP contribution in [0.1, 0.15) is 36.7 Å². The maximum absolute atomic E-state index is 12.2. The van der Waals surface area contributed by atoms with Crippen LogP contribution in [-0.4, -0.2) is 43.7 Å². The number of methoxy groups -OCH3 is 1. The Morgan fingerprint density at radius 2 is 2.00 bits per heavy atom. The molecule has 0 heterocycles. The summed E-state index contributed by atoms with van der Waals surface area (Å²) in [7, 11) is 3.41. The van der Waals surface area contributed by atoms with Crippen molar-refractivity contribution in [3.63, 3.8) is 0 Å². The van der Waals surface area contributed by atoms with Crippen LogP contribution in [0.25, 0.3) is 0 Å². The molecule has 0 unspecified atom stereocenters. The molecule has 0 atom stereocenters. The van der Waals surface area contributed by atoms with E-state index in [2.05, 4.69) is 0 Å². The number of nitrogens with zero attached hydrogens (tertiary/aromatic N) is 1. The molecular weight excluding hydrogens is 254 g/mol. The lowest BCUT2D eigenvalue weighted by Crippen LogP contribution is -2.30. The van der Waals surface area contributed by atoms with Gasteiger partial charge in [-0.3, -0.25) is 4.79 Å². The Kier molecular flexibility index (Phi) is 6.17. The van der Waals surface area contributed by atoms with Gasteiger partial charge in [0.15, 0.2) is 0 Å². The highest BCUT2D eigenvalue weighted by Gasteiger charge is 2.13. The van der Waals surface area contributed by atoms with Gasteiger partial charge in [0, 0.05) is 26.3 Å². The van der Waals surface area contributed by atoms with Gasteiger partial charge >= 0.3 is 0 Å². The van der Waals surface area contributed by atoms with Gasteiger partial charge < -0.3 is 14.4 Å². The predicted molar refractivity (Wildman–Crippen MR) is 79.8 cm³/mol. The van der Waals surface area contributed by atoms with Crippen molar-refractivity contribution < 1.29 is 14.3 Å². The summed E-state index contributed by atoms with van der Waals surface area (Å²) in [5, 5.41) is 0. The van der Waals surface area contributed by atoms with Gasteiger partial charge in [0.2, 0.25) is 0 Å². The third kappa shape index (κ3) is 5.72. The minimum absolute atomic E-state index is 0.000316. The molecule has 0 saturated carbocycles. The first-order valence-electron chi connectivity index (χ1n) is 6.81. The molecule has 1 rings (SSSR count). The average Bonchev–Trinajstić information content (AvgIpc) is 2.41. The average molecular weight is 279 g/mol. The molecule has 0 aliphatic rings. The molecule has 0 radical (unpaired) electrons. The van der Waals surface area contributed by atoms with Gasteiger partial charge in [-0.1, -0.05) is 12.1 Å². The zero-order chi connectivity index (χ0) is 15.2. The van der Waals surface area contributed by atoms with E-state index in [1.165, 1.54) is 0 Å². The van der Waals surface area contributed by atoms with Crippen LogP contribution in [0, 0.1) is 0 Å². The summed E-state index contributed by atoms with van der Waals surface area (Å²) >= 11 is 0. The highest BCUT2D eigenvalue weighted by Crippen LogP contribution is 2.14. The Bertz CT molecular complexity index is 438. The maximum atomic E-state index is 12.2. The van der Waals surface area contributed by atoms with Crippen molar-refractivity contribution in [2.24, 2.45) is 0 Å². The number of ether oxygens (including phenoxy) is 2. The van der Waals surface area contributed by atoms with Crippen molar-refractivity contribution in [3.8, 4) is 0 Å². The first kappa shape index (κ1) is 16.7. The third-order valence-electron chi connectivity index (χ3n) is 2.82. The van der Waals surface area contributed by atoms with E-state index >= 15 is 0 Å². The van der Waals surface area contributed by atoms with E-state index in [9.17, 15) is 4.79 Å². The van der Waals surface area contributed by atoms with Gasteiger partial charge in [-0.15, -0.1) is 0 Å². The standard InChI is InChI=1S/C16H25NO3/c1-16(2,3)20-12-13-7-6-8-14(11-13)15(18)17(4)9-10-19-5/h6-8,11H,9-10,12H2,1-5H3. The minimum atomic E-state index is -0.185. The smallest absolute Gasteiger partial charge is 0.253 e. The van der Waals surface area contributed by atoms with Gasteiger partial charge in [0.25, 0.3) is 5.91 Å². The van der Waals surface area contributed by atoms with Crippen molar-refractivity contribution >= 4 is 5.91 Å². The Balaban J connectivity index is 2.69. The second kappa shape index (κ2) is 7.41. The number of carbonyl (C=O) groups is 1. The molecule has 4 heteroatoms. The number of amides is 1. The highest BCUT2D eigenvalue weighted by molar-refractivity contribution is 5.94. The molecule has 0 aliphatic heterocycles. The molecular formula is C16H25NO3. The summed E-state index contributed by atoms with van der Waals surface area (Å²) in [5.41, 5.74) is 1.50. The molecule has 20 heavy (non-hydrogen) atoms. The quantitative estimate of drug-likeness (QED) is 0.803. The lowest BCUT2D eigenvalue weighted by Gasteiger charge is -2.20. The van der Waals surface area contributed by atoms with Gasteiger partial charge in [-0.05, 0) is 38.5 Å². The first-order valence-corrected chi connectivity index (χ1v) is 6.81. The molecule has 0 N–H and O–H groups in total. The SMILES string of the molecule is COCCN(C)C(=O)c1cccc(COC(C)(C)C)c1. The van der Waals surface area contributed by atoms with Crippen LogP contribution < -0.4 is 0 Å². The molecule has 0 spiro atoms. The van der Waals surface area contributed by atoms with Crippen LogP contribution in [0.3, 0.4) is 0 Å². The van der Waals surface area contributed by atoms with Crippen molar-refractivity contribution in [1.29, 1.82) is 0 Å². The van der Waals surface area contributed by atoms with Gasteiger partial charge in [0.05, 0.1) is 18.8 Å². The fourth-order valence-electron chi connectivity index (χ4n) is 1.64. The Labute approximate surface area is 121 Å². The lowest BCUT2D eigenvalue weighted by molar-refractivity contribution is -0.0149. The Hall–Kier alpha value is -1.39. The molecule has 0 aliphatic carbocycles. The molecule has 0 aromatic heterocycles. The monoisotopic (exact) mass is 279 g/mol. The van der Waals surface area contributed by atoms with Gasteiger partial charge in [-0.2, -0.15) is 0 Å².